The van der Waals surface area contributed by atoms with E-state index in [0.29, 0.717) is 16.5 Å². The van der Waals surface area contributed by atoms with Gasteiger partial charge in [0.1, 0.15) is 5.82 Å². The van der Waals surface area contributed by atoms with Gasteiger partial charge in [-0.2, -0.15) is 0 Å². The number of rotatable bonds is 4. The van der Waals surface area contributed by atoms with Gasteiger partial charge in [-0.3, -0.25) is 9.00 Å². The molecule has 1 aromatic carbocycles. The number of nitrogens with zero attached hydrogens (tertiary/aromatic N) is 1. The first-order valence-corrected chi connectivity index (χ1v) is 8.02. The summed E-state index contributed by atoms with van der Waals surface area (Å²) in [6.07, 6.45) is 2.99. The van der Waals surface area contributed by atoms with Crippen LogP contribution in [0.25, 0.3) is 0 Å². The van der Waals surface area contributed by atoms with E-state index in [-0.39, 0.29) is 29.7 Å². The lowest BCUT2D eigenvalue weighted by atomic mass is 10.2. The quantitative estimate of drug-likeness (QED) is 0.877. The highest BCUT2D eigenvalue weighted by molar-refractivity contribution is 7.84. The number of amides is 1. The van der Waals surface area contributed by atoms with Crippen molar-refractivity contribution in [1.82, 2.24) is 10.3 Å². The van der Waals surface area contributed by atoms with Gasteiger partial charge >= 0.3 is 0 Å². The van der Waals surface area contributed by atoms with Crippen LogP contribution in [0.2, 0.25) is 5.02 Å². The number of hydrogen-bond donors (Lipinski definition) is 2. The highest BCUT2D eigenvalue weighted by atomic mass is 35.5. The molecule has 0 aliphatic rings. The zero-order valence-electron chi connectivity index (χ0n) is 11.7. The van der Waals surface area contributed by atoms with Crippen molar-refractivity contribution in [3.63, 3.8) is 0 Å². The van der Waals surface area contributed by atoms with Gasteiger partial charge in [-0.25, -0.2) is 4.98 Å². The summed E-state index contributed by atoms with van der Waals surface area (Å²) in [5, 5.41) is 3.08. The maximum atomic E-state index is 12.1. The van der Waals surface area contributed by atoms with E-state index in [1.807, 2.05) is 6.07 Å². The van der Waals surface area contributed by atoms with Crippen molar-refractivity contribution in [1.29, 1.82) is 0 Å². The Kier molecular flexibility index (Phi) is 6.80. The van der Waals surface area contributed by atoms with Crippen LogP contribution in [0.3, 0.4) is 0 Å². The van der Waals surface area contributed by atoms with Crippen LogP contribution in [0.4, 0.5) is 5.82 Å². The van der Waals surface area contributed by atoms with E-state index in [9.17, 15) is 9.00 Å². The molecule has 1 heterocycles. The molecule has 22 heavy (non-hydrogen) atoms. The molecule has 1 amide bonds. The minimum Gasteiger partial charge on any atom is -0.383 e. The van der Waals surface area contributed by atoms with E-state index in [2.05, 4.69) is 10.3 Å². The Hall–Kier alpha value is -1.63. The number of halogens is 2. The summed E-state index contributed by atoms with van der Waals surface area (Å²) in [7, 11) is -1.06. The molecule has 2 aromatic rings. The number of carbonyl (C=O) groups excluding carboxylic acids is 1. The number of anilines is 1. The van der Waals surface area contributed by atoms with E-state index < -0.39 is 10.8 Å². The standard InChI is InChI=1S/C14H14ClN3O2S.ClH/c1-21(20)11-4-2-3-9(5-11)7-18-14(19)12-6-10(15)8-17-13(12)16;/h2-6,8H,7H2,1H3,(H2,16,17)(H,18,19);1H. The molecule has 3 N–H and O–H groups in total. The minimum atomic E-state index is -1.06. The second-order valence-corrected chi connectivity index (χ2v) is 6.19. The van der Waals surface area contributed by atoms with Crippen LogP contribution >= 0.6 is 24.0 Å². The predicted molar refractivity (Wildman–Crippen MR) is 90.9 cm³/mol. The fourth-order valence-electron chi connectivity index (χ4n) is 1.74. The van der Waals surface area contributed by atoms with Crippen molar-refractivity contribution in [3.05, 3.63) is 52.7 Å². The molecule has 0 spiro atoms. The summed E-state index contributed by atoms with van der Waals surface area (Å²) in [5.41, 5.74) is 6.74. The smallest absolute Gasteiger partial charge is 0.255 e. The number of benzene rings is 1. The summed E-state index contributed by atoms with van der Waals surface area (Å²) in [4.78, 5) is 16.6. The van der Waals surface area contributed by atoms with Crippen molar-refractivity contribution in [3.8, 4) is 0 Å². The normalized spacial score (nSPS) is 11.4. The molecule has 1 aromatic heterocycles. The van der Waals surface area contributed by atoms with Crippen LogP contribution < -0.4 is 11.1 Å². The Balaban J connectivity index is 0.00000242. The van der Waals surface area contributed by atoms with Gasteiger partial charge in [0, 0.05) is 34.7 Å². The molecule has 8 heteroatoms. The Morgan fingerprint density at radius 2 is 2.14 bits per heavy atom. The molecule has 0 aliphatic carbocycles. The third-order valence-electron chi connectivity index (χ3n) is 2.81. The van der Waals surface area contributed by atoms with Crippen LogP contribution in [0.1, 0.15) is 15.9 Å². The number of nitrogens with two attached hydrogens (primary N) is 1. The van der Waals surface area contributed by atoms with Gasteiger partial charge in [0.05, 0.1) is 10.6 Å². The van der Waals surface area contributed by atoms with Gasteiger partial charge in [-0.05, 0) is 23.8 Å². The number of carbonyl (C=O) groups is 1. The van der Waals surface area contributed by atoms with Crippen molar-refractivity contribution in [2.24, 2.45) is 0 Å². The average Bonchev–Trinajstić information content (AvgIpc) is 2.47. The van der Waals surface area contributed by atoms with Gasteiger partial charge < -0.3 is 11.1 Å². The monoisotopic (exact) mass is 359 g/mol. The van der Waals surface area contributed by atoms with E-state index in [1.54, 1.807) is 24.5 Å². The molecule has 1 atom stereocenters. The van der Waals surface area contributed by atoms with Crippen LogP contribution in [0.5, 0.6) is 0 Å². The van der Waals surface area contributed by atoms with Crippen LogP contribution in [-0.4, -0.2) is 21.4 Å². The number of pyridine rings is 1. The fraction of sp³-hybridized carbons (Fsp3) is 0.143. The molecule has 2 rings (SSSR count). The van der Waals surface area contributed by atoms with E-state index in [0.717, 1.165) is 5.56 Å². The first-order chi connectivity index (χ1) is 9.97. The fourth-order valence-corrected chi connectivity index (χ4v) is 2.49. The lowest BCUT2D eigenvalue weighted by Gasteiger charge is -2.08. The van der Waals surface area contributed by atoms with Gasteiger partial charge in [0.2, 0.25) is 0 Å². The first kappa shape index (κ1) is 18.4. The largest absolute Gasteiger partial charge is 0.383 e. The summed E-state index contributed by atoms with van der Waals surface area (Å²) >= 11 is 5.80. The molecule has 0 saturated carbocycles. The van der Waals surface area contributed by atoms with Gasteiger partial charge in [0.15, 0.2) is 0 Å². The second kappa shape index (κ2) is 8.12. The van der Waals surface area contributed by atoms with Crippen molar-refractivity contribution >= 4 is 46.5 Å². The molecular weight excluding hydrogens is 345 g/mol. The zero-order chi connectivity index (χ0) is 15.4. The summed E-state index contributed by atoms with van der Waals surface area (Å²) in [6, 6.07) is 8.68. The number of aromatic nitrogens is 1. The lowest BCUT2D eigenvalue weighted by molar-refractivity contribution is 0.0951. The molecule has 0 fully saturated rings. The molecule has 5 nitrogen and oxygen atoms in total. The third kappa shape index (κ3) is 4.69. The summed E-state index contributed by atoms with van der Waals surface area (Å²) in [6.45, 7) is 0.301. The lowest BCUT2D eigenvalue weighted by Crippen LogP contribution is -2.24. The van der Waals surface area contributed by atoms with E-state index >= 15 is 0 Å². The highest BCUT2D eigenvalue weighted by Gasteiger charge is 2.11. The molecular formula is C14H15Cl2N3O2S. The zero-order valence-corrected chi connectivity index (χ0v) is 14.1. The van der Waals surface area contributed by atoms with E-state index in [1.165, 1.54) is 12.3 Å². The molecule has 0 aliphatic heterocycles. The maximum absolute atomic E-state index is 12.1. The van der Waals surface area contributed by atoms with Crippen LogP contribution in [0.15, 0.2) is 41.4 Å². The third-order valence-corrected chi connectivity index (χ3v) is 3.94. The summed E-state index contributed by atoms with van der Waals surface area (Å²) < 4.78 is 11.4. The Labute approximate surface area is 142 Å². The molecule has 118 valence electrons. The van der Waals surface area contributed by atoms with Crippen molar-refractivity contribution in [2.75, 3.05) is 12.0 Å². The Morgan fingerprint density at radius 3 is 2.82 bits per heavy atom. The van der Waals surface area contributed by atoms with Crippen LogP contribution in [0, 0.1) is 0 Å². The highest BCUT2D eigenvalue weighted by Crippen LogP contribution is 2.15. The predicted octanol–water partition coefficient (Wildman–Crippen LogP) is 2.41. The van der Waals surface area contributed by atoms with E-state index in [4.69, 9.17) is 17.3 Å². The Bertz CT molecular complexity index is 710. The van der Waals surface area contributed by atoms with Gasteiger partial charge in [-0.15, -0.1) is 12.4 Å². The molecule has 1 unspecified atom stereocenters. The molecule has 0 bridgehead atoms. The number of hydrogen-bond acceptors (Lipinski definition) is 4. The van der Waals surface area contributed by atoms with Gasteiger partial charge in [0.25, 0.3) is 5.91 Å². The minimum absolute atomic E-state index is 0. The van der Waals surface area contributed by atoms with Crippen molar-refractivity contribution in [2.45, 2.75) is 11.4 Å². The first-order valence-electron chi connectivity index (χ1n) is 6.09. The van der Waals surface area contributed by atoms with Gasteiger partial charge in [-0.1, -0.05) is 23.7 Å². The Morgan fingerprint density at radius 1 is 1.41 bits per heavy atom. The topological polar surface area (TPSA) is 85.1 Å². The SMILES string of the molecule is CS(=O)c1cccc(CNC(=O)c2cc(Cl)cnc2N)c1.Cl. The average molecular weight is 360 g/mol. The second-order valence-electron chi connectivity index (χ2n) is 4.37. The molecule has 0 radical (unpaired) electrons. The summed E-state index contributed by atoms with van der Waals surface area (Å²) in [5.74, 6) is -0.231. The maximum Gasteiger partial charge on any atom is 0.255 e. The van der Waals surface area contributed by atoms with Crippen molar-refractivity contribution < 1.29 is 9.00 Å². The number of nitrogen functional groups attached to an aromatic ring is 1. The molecule has 0 saturated heterocycles. The number of nitrogens with one attached hydrogen (secondary N) is 1. The van der Waals surface area contributed by atoms with Crippen LogP contribution in [-0.2, 0) is 17.3 Å².